The number of aryl methyl sites for hydroxylation is 1. The Morgan fingerprint density at radius 3 is 2.73 bits per heavy atom. The van der Waals surface area contributed by atoms with Crippen molar-refractivity contribution < 1.29 is 9.18 Å². The first-order chi connectivity index (χ1) is 14.6. The molecule has 6 nitrogen and oxygen atoms in total. The Morgan fingerprint density at radius 2 is 2.03 bits per heavy atom. The van der Waals surface area contributed by atoms with Crippen molar-refractivity contribution in [1.82, 2.24) is 15.6 Å². The van der Waals surface area contributed by atoms with Gasteiger partial charge in [0.25, 0.3) is 5.91 Å². The minimum atomic E-state index is -0.384. The van der Waals surface area contributed by atoms with Crippen LogP contribution in [0.3, 0.4) is 0 Å². The number of nitrogens with two attached hydrogens (primary N) is 1. The van der Waals surface area contributed by atoms with Gasteiger partial charge >= 0.3 is 0 Å². The molecule has 1 fully saturated rings. The van der Waals surface area contributed by atoms with Crippen LogP contribution >= 0.6 is 11.3 Å². The van der Waals surface area contributed by atoms with Crippen LogP contribution < -0.4 is 21.3 Å². The Kier molecular flexibility index (Phi) is 6.15. The van der Waals surface area contributed by atoms with Gasteiger partial charge in [-0.05, 0) is 36.6 Å². The van der Waals surface area contributed by atoms with Crippen molar-refractivity contribution >= 4 is 38.8 Å². The van der Waals surface area contributed by atoms with Gasteiger partial charge in [0.05, 0.1) is 11.4 Å². The first kappa shape index (κ1) is 20.6. The molecule has 1 aliphatic heterocycles. The Labute approximate surface area is 179 Å². The molecule has 0 saturated carbocycles. The molecule has 158 valence electrons. The van der Waals surface area contributed by atoms with Gasteiger partial charge in [-0.1, -0.05) is 19.1 Å². The summed E-state index contributed by atoms with van der Waals surface area (Å²) in [5.41, 5.74) is 9.18. The van der Waals surface area contributed by atoms with Gasteiger partial charge in [0.15, 0.2) is 0 Å². The number of nitrogen functional groups attached to an aromatic ring is 1. The maximum Gasteiger partial charge on any atom is 0.263 e. The molecule has 2 aromatic heterocycles. The molecule has 0 aliphatic carbocycles. The minimum absolute atomic E-state index is 0.244. The Morgan fingerprint density at radius 1 is 1.30 bits per heavy atom. The number of thiophene rings is 1. The van der Waals surface area contributed by atoms with Crippen LogP contribution in [0.25, 0.3) is 10.2 Å². The molecule has 0 unspecified atom stereocenters. The number of piperazine rings is 1. The van der Waals surface area contributed by atoms with Gasteiger partial charge < -0.3 is 21.3 Å². The van der Waals surface area contributed by atoms with E-state index < -0.39 is 0 Å². The van der Waals surface area contributed by atoms with Crippen LogP contribution in [-0.2, 0) is 12.8 Å². The number of nitrogens with one attached hydrogen (secondary N) is 2. The molecule has 3 heterocycles. The van der Waals surface area contributed by atoms with E-state index in [0.717, 1.165) is 38.2 Å². The second-order valence-electron chi connectivity index (χ2n) is 7.38. The van der Waals surface area contributed by atoms with Crippen LogP contribution in [0.15, 0.2) is 30.3 Å². The molecule has 1 aromatic carbocycles. The zero-order valence-electron chi connectivity index (χ0n) is 17.0. The number of hydrogen-bond donors (Lipinski definition) is 3. The first-order valence-electron chi connectivity index (χ1n) is 10.3. The molecule has 1 amide bonds. The Hall–Kier alpha value is -2.71. The quantitative estimate of drug-likeness (QED) is 0.563. The van der Waals surface area contributed by atoms with Gasteiger partial charge in [0.2, 0.25) is 0 Å². The summed E-state index contributed by atoms with van der Waals surface area (Å²) in [5, 5.41) is 6.78. The number of nitrogens with zero attached hydrogens (tertiary/aromatic N) is 2. The molecule has 4 rings (SSSR count). The predicted molar refractivity (Wildman–Crippen MR) is 121 cm³/mol. The summed E-state index contributed by atoms with van der Waals surface area (Å²) in [5.74, 6) is -0.628. The van der Waals surface area contributed by atoms with E-state index in [4.69, 9.17) is 5.73 Å². The van der Waals surface area contributed by atoms with E-state index in [1.165, 1.54) is 23.1 Å². The maximum atomic E-state index is 14.0. The summed E-state index contributed by atoms with van der Waals surface area (Å²) in [4.78, 5) is 20.3. The highest BCUT2D eigenvalue weighted by Crippen LogP contribution is 2.33. The maximum absolute atomic E-state index is 14.0. The third-order valence-electron chi connectivity index (χ3n) is 5.41. The SMILES string of the molecule is CCc1nc2sc(C(=O)NCCc3ccc(N4CCNCC4)cc3)c(N)c2cc1F. The molecule has 4 N–H and O–H groups in total. The van der Waals surface area contributed by atoms with E-state index >= 15 is 0 Å². The average Bonchev–Trinajstić information content (AvgIpc) is 3.09. The van der Waals surface area contributed by atoms with Crippen molar-refractivity contribution in [2.75, 3.05) is 43.4 Å². The van der Waals surface area contributed by atoms with Gasteiger partial charge in [-0.2, -0.15) is 0 Å². The number of anilines is 2. The van der Waals surface area contributed by atoms with E-state index in [0.29, 0.717) is 39.4 Å². The number of halogens is 1. The van der Waals surface area contributed by atoms with Gasteiger partial charge in [-0.25, -0.2) is 9.37 Å². The number of carbonyl (C=O) groups excluding carboxylic acids is 1. The molecule has 30 heavy (non-hydrogen) atoms. The van der Waals surface area contributed by atoms with Gasteiger partial charge in [0.1, 0.15) is 15.5 Å². The molecule has 0 spiro atoms. The van der Waals surface area contributed by atoms with Crippen molar-refractivity contribution in [2.45, 2.75) is 19.8 Å². The fourth-order valence-electron chi connectivity index (χ4n) is 3.67. The molecule has 0 radical (unpaired) electrons. The van der Waals surface area contributed by atoms with Gasteiger partial charge in [-0.15, -0.1) is 11.3 Å². The summed E-state index contributed by atoms with van der Waals surface area (Å²) in [6.45, 7) is 6.40. The second kappa shape index (κ2) is 8.97. The number of hydrogen-bond acceptors (Lipinski definition) is 6. The molecule has 1 aliphatic rings. The number of aromatic nitrogens is 1. The molecular formula is C22H26FN5OS. The summed E-state index contributed by atoms with van der Waals surface area (Å²) in [7, 11) is 0. The Balaban J connectivity index is 1.37. The minimum Gasteiger partial charge on any atom is -0.397 e. The number of fused-ring (bicyclic) bond motifs is 1. The molecule has 3 aromatic rings. The van der Waals surface area contributed by atoms with Crippen LogP contribution in [0.2, 0.25) is 0 Å². The van der Waals surface area contributed by atoms with Crippen molar-refractivity contribution in [1.29, 1.82) is 0 Å². The molecule has 0 bridgehead atoms. The van der Waals surface area contributed by atoms with Crippen LogP contribution in [0.5, 0.6) is 0 Å². The van der Waals surface area contributed by atoms with E-state index in [1.54, 1.807) is 0 Å². The molecule has 1 saturated heterocycles. The van der Waals surface area contributed by atoms with E-state index in [-0.39, 0.29) is 11.7 Å². The number of benzene rings is 1. The lowest BCUT2D eigenvalue weighted by Gasteiger charge is -2.29. The largest absolute Gasteiger partial charge is 0.397 e. The second-order valence-corrected chi connectivity index (χ2v) is 8.38. The van der Waals surface area contributed by atoms with E-state index in [1.807, 2.05) is 6.92 Å². The zero-order valence-corrected chi connectivity index (χ0v) is 17.8. The van der Waals surface area contributed by atoms with E-state index in [2.05, 4.69) is 44.8 Å². The number of carbonyl (C=O) groups is 1. The summed E-state index contributed by atoms with van der Waals surface area (Å²) < 4.78 is 14.0. The third kappa shape index (κ3) is 4.24. The average molecular weight is 428 g/mol. The van der Waals surface area contributed by atoms with Crippen LogP contribution in [0, 0.1) is 5.82 Å². The number of amides is 1. The van der Waals surface area contributed by atoms with Crippen LogP contribution in [0.4, 0.5) is 15.8 Å². The Bertz CT molecular complexity index is 1040. The summed E-state index contributed by atoms with van der Waals surface area (Å²) in [6.07, 6.45) is 1.22. The van der Waals surface area contributed by atoms with Crippen molar-refractivity contribution in [3.05, 3.63) is 52.3 Å². The molecule has 8 heteroatoms. The first-order valence-corrected chi connectivity index (χ1v) is 11.1. The van der Waals surface area contributed by atoms with Crippen molar-refractivity contribution in [3.63, 3.8) is 0 Å². The van der Waals surface area contributed by atoms with Crippen molar-refractivity contribution in [3.8, 4) is 0 Å². The fraction of sp³-hybridized carbons (Fsp3) is 0.364. The van der Waals surface area contributed by atoms with E-state index in [9.17, 15) is 9.18 Å². The number of pyridine rings is 1. The van der Waals surface area contributed by atoms with Gasteiger partial charge in [0, 0.05) is 43.8 Å². The lowest BCUT2D eigenvalue weighted by atomic mass is 10.1. The normalized spacial score (nSPS) is 14.3. The van der Waals surface area contributed by atoms with Crippen LogP contribution in [0.1, 0.15) is 27.9 Å². The highest BCUT2D eigenvalue weighted by molar-refractivity contribution is 7.21. The summed E-state index contributed by atoms with van der Waals surface area (Å²) >= 11 is 1.21. The van der Waals surface area contributed by atoms with Gasteiger partial charge in [-0.3, -0.25) is 4.79 Å². The summed E-state index contributed by atoms with van der Waals surface area (Å²) in [6, 6.07) is 9.87. The smallest absolute Gasteiger partial charge is 0.263 e. The highest BCUT2D eigenvalue weighted by Gasteiger charge is 2.19. The molecular weight excluding hydrogens is 401 g/mol. The monoisotopic (exact) mass is 427 g/mol. The predicted octanol–water partition coefficient (Wildman–Crippen LogP) is 2.96. The zero-order chi connectivity index (χ0) is 21.1. The standard InChI is InChI=1S/C22H26FN5OS/c1-2-18-17(23)13-16-19(24)20(30-22(16)27-18)21(29)26-8-7-14-3-5-15(6-4-14)28-11-9-25-10-12-28/h3-6,13,25H,2,7-12,24H2,1H3,(H,26,29). The lowest BCUT2D eigenvalue weighted by Crippen LogP contribution is -2.43. The van der Waals surface area contributed by atoms with Crippen LogP contribution in [-0.4, -0.2) is 43.6 Å². The third-order valence-corrected chi connectivity index (χ3v) is 6.52. The molecule has 0 atom stereocenters. The van der Waals surface area contributed by atoms with Crippen molar-refractivity contribution in [2.24, 2.45) is 0 Å². The lowest BCUT2D eigenvalue weighted by molar-refractivity contribution is 0.0959. The fourth-order valence-corrected chi connectivity index (χ4v) is 4.68. The number of rotatable bonds is 6. The topological polar surface area (TPSA) is 83.3 Å². The highest BCUT2D eigenvalue weighted by atomic mass is 32.1.